The van der Waals surface area contributed by atoms with E-state index in [0.717, 1.165) is 20.6 Å². The first-order valence-corrected chi connectivity index (χ1v) is 5.84. The van der Waals surface area contributed by atoms with Gasteiger partial charge in [0.25, 0.3) is 0 Å². The summed E-state index contributed by atoms with van der Waals surface area (Å²) in [5.41, 5.74) is 0. The third-order valence-electron chi connectivity index (χ3n) is 1.75. The normalized spacial score (nSPS) is 9.38. The fourth-order valence-electron chi connectivity index (χ4n) is 1.07. The molecule has 0 fully saturated rings. The number of hydrogen-bond donors (Lipinski definition) is 1. The van der Waals surface area contributed by atoms with Crippen LogP contribution in [0.1, 0.15) is 0 Å². The van der Waals surface area contributed by atoms with Crippen LogP contribution in [0.2, 0.25) is 0 Å². The van der Waals surface area contributed by atoms with Gasteiger partial charge >= 0.3 is 0 Å². The minimum Gasteiger partial charge on any atom is -0.324 e. The Morgan fingerprint density at radius 2 is 1.81 bits per heavy atom. The number of nitrogens with one attached hydrogen (secondary N) is 1. The topological polar surface area (TPSA) is 37.8 Å². The van der Waals surface area contributed by atoms with Crippen LogP contribution in [0, 0.1) is 0 Å². The molecule has 0 atom stereocenters. The van der Waals surface area contributed by atoms with Crippen LogP contribution in [0.4, 0.5) is 11.6 Å². The third kappa shape index (κ3) is 3.27. The van der Waals surface area contributed by atoms with E-state index >= 15 is 0 Å². The average molecular weight is 388 g/mol. The first kappa shape index (κ1) is 13.6. The standard InChI is InChI=1S/C10H7Br2N3.Ni/c11-7-4-6-14-10(9(7)12)15-8-3-1-2-5-13-8;/h1-6H,(H,13,14,15);. The van der Waals surface area contributed by atoms with Crippen molar-refractivity contribution in [2.75, 3.05) is 5.32 Å². The van der Waals surface area contributed by atoms with E-state index in [4.69, 9.17) is 0 Å². The number of rotatable bonds is 2. The summed E-state index contributed by atoms with van der Waals surface area (Å²) in [5, 5.41) is 3.11. The Bertz CT molecular complexity index is 465. The summed E-state index contributed by atoms with van der Waals surface area (Å²) in [4.78, 5) is 8.36. The molecule has 0 saturated heterocycles. The Labute approximate surface area is 120 Å². The zero-order valence-electron chi connectivity index (χ0n) is 7.93. The zero-order chi connectivity index (χ0) is 10.7. The maximum atomic E-state index is 4.21. The van der Waals surface area contributed by atoms with E-state index in [1.165, 1.54) is 0 Å². The molecule has 0 bridgehead atoms. The minimum atomic E-state index is 0. The summed E-state index contributed by atoms with van der Waals surface area (Å²) in [6.07, 6.45) is 3.45. The van der Waals surface area contributed by atoms with Gasteiger partial charge in [-0.25, -0.2) is 9.97 Å². The van der Waals surface area contributed by atoms with Crippen LogP contribution in [-0.2, 0) is 16.5 Å². The first-order valence-electron chi connectivity index (χ1n) is 4.25. The molecule has 0 aliphatic rings. The van der Waals surface area contributed by atoms with Crippen molar-refractivity contribution in [2.45, 2.75) is 0 Å². The van der Waals surface area contributed by atoms with Crippen molar-refractivity contribution in [3.63, 3.8) is 0 Å². The summed E-state index contributed by atoms with van der Waals surface area (Å²) in [7, 11) is 0. The van der Waals surface area contributed by atoms with Gasteiger partial charge < -0.3 is 5.32 Å². The maximum absolute atomic E-state index is 4.21. The molecule has 0 aromatic carbocycles. The maximum Gasteiger partial charge on any atom is 0.146 e. The number of nitrogens with zero attached hydrogens (tertiary/aromatic N) is 2. The van der Waals surface area contributed by atoms with E-state index < -0.39 is 0 Å². The van der Waals surface area contributed by atoms with Gasteiger partial charge in [0, 0.05) is 33.4 Å². The first-order chi connectivity index (χ1) is 7.27. The number of pyridine rings is 2. The van der Waals surface area contributed by atoms with Gasteiger partial charge in [-0.1, -0.05) is 6.07 Å². The van der Waals surface area contributed by atoms with Gasteiger partial charge in [-0.3, -0.25) is 0 Å². The van der Waals surface area contributed by atoms with Crippen LogP contribution in [0.15, 0.2) is 45.6 Å². The summed E-state index contributed by atoms with van der Waals surface area (Å²) < 4.78 is 1.84. The van der Waals surface area contributed by atoms with Crippen LogP contribution in [0.25, 0.3) is 0 Å². The molecular weight excluding hydrogens is 381 g/mol. The summed E-state index contributed by atoms with van der Waals surface area (Å²) >= 11 is 6.85. The van der Waals surface area contributed by atoms with Crippen LogP contribution >= 0.6 is 31.9 Å². The quantitative estimate of drug-likeness (QED) is 0.798. The van der Waals surface area contributed by atoms with Crippen molar-refractivity contribution in [3.8, 4) is 0 Å². The Morgan fingerprint density at radius 1 is 1.00 bits per heavy atom. The van der Waals surface area contributed by atoms with E-state index in [2.05, 4.69) is 47.1 Å². The Morgan fingerprint density at radius 3 is 2.50 bits per heavy atom. The van der Waals surface area contributed by atoms with Crippen molar-refractivity contribution in [2.24, 2.45) is 0 Å². The van der Waals surface area contributed by atoms with E-state index in [-0.39, 0.29) is 16.5 Å². The molecule has 2 rings (SSSR count). The predicted molar refractivity (Wildman–Crippen MR) is 67.2 cm³/mol. The third-order valence-corrected chi connectivity index (χ3v) is 3.75. The number of hydrogen-bond acceptors (Lipinski definition) is 3. The molecule has 2 aromatic heterocycles. The minimum absolute atomic E-state index is 0. The second kappa shape index (κ2) is 6.33. The number of halogens is 2. The van der Waals surface area contributed by atoms with Gasteiger partial charge in [-0.05, 0) is 50.1 Å². The summed E-state index contributed by atoms with van der Waals surface area (Å²) in [5.74, 6) is 1.51. The SMILES string of the molecule is Brc1ccnc(Nc2ccccn2)c1Br.[Ni]. The summed E-state index contributed by atoms with van der Waals surface area (Å²) in [6, 6.07) is 7.54. The van der Waals surface area contributed by atoms with Crippen LogP contribution in [0.3, 0.4) is 0 Å². The Hall–Kier alpha value is -0.446. The molecule has 2 aromatic rings. The summed E-state index contributed by atoms with van der Waals surface area (Å²) in [6.45, 7) is 0. The van der Waals surface area contributed by atoms with Crippen molar-refractivity contribution >= 4 is 43.5 Å². The molecule has 0 radical (unpaired) electrons. The molecule has 0 aliphatic heterocycles. The van der Waals surface area contributed by atoms with Gasteiger partial charge in [0.15, 0.2) is 0 Å². The van der Waals surface area contributed by atoms with Gasteiger partial charge in [-0.2, -0.15) is 0 Å². The number of anilines is 2. The molecule has 0 saturated carbocycles. The fraction of sp³-hybridized carbons (Fsp3) is 0. The monoisotopic (exact) mass is 385 g/mol. The van der Waals surface area contributed by atoms with Crippen LogP contribution < -0.4 is 5.32 Å². The average Bonchev–Trinajstić information content (AvgIpc) is 2.26. The second-order valence-electron chi connectivity index (χ2n) is 2.80. The van der Waals surface area contributed by atoms with Gasteiger partial charge in [-0.15, -0.1) is 0 Å². The fourth-order valence-corrected chi connectivity index (χ4v) is 1.71. The van der Waals surface area contributed by atoms with Crippen molar-refractivity contribution < 1.29 is 16.5 Å². The van der Waals surface area contributed by atoms with Crippen molar-refractivity contribution in [1.29, 1.82) is 0 Å². The van der Waals surface area contributed by atoms with Gasteiger partial charge in [0.2, 0.25) is 0 Å². The van der Waals surface area contributed by atoms with E-state index in [1.807, 2.05) is 24.3 Å². The molecule has 6 heteroatoms. The molecule has 0 unspecified atom stereocenters. The van der Waals surface area contributed by atoms with Crippen molar-refractivity contribution in [1.82, 2.24) is 9.97 Å². The largest absolute Gasteiger partial charge is 0.324 e. The molecule has 1 N–H and O–H groups in total. The van der Waals surface area contributed by atoms with E-state index in [0.29, 0.717) is 0 Å². The van der Waals surface area contributed by atoms with Gasteiger partial charge in [0.05, 0.1) is 4.47 Å². The molecule has 86 valence electrons. The molecule has 0 aliphatic carbocycles. The molecule has 16 heavy (non-hydrogen) atoms. The van der Waals surface area contributed by atoms with E-state index in [1.54, 1.807) is 12.4 Å². The number of aromatic nitrogens is 2. The molecule has 2 heterocycles. The smallest absolute Gasteiger partial charge is 0.146 e. The second-order valence-corrected chi connectivity index (χ2v) is 4.44. The van der Waals surface area contributed by atoms with Gasteiger partial charge in [0.1, 0.15) is 11.6 Å². The van der Waals surface area contributed by atoms with Crippen LogP contribution in [-0.4, -0.2) is 9.97 Å². The van der Waals surface area contributed by atoms with Crippen molar-refractivity contribution in [3.05, 3.63) is 45.6 Å². The van der Waals surface area contributed by atoms with E-state index in [9.17, 15) is 0 Å². The predicted octanol–water partition coefficient (Wildman–Crippen LogP) is 3.74. The molecular formula is C10H7Br2N3Ni. The molecule has 0 spiro atoms. The Kier molecular flexibility index (Phi) is 5.39. The Balaban J connectivity index is 0.00000128. The molecule has 3 nitrogen and oxygen atoms in total. The molecule has 0 amide bonds. The zero-order valence-corrected chi connectivity index (χ0v) is 12.1. The van der Waals surface area contributed by atoms with Crippen LogP contribution in [0.5, 0.6) is 0 Å².